The first kappa shape index (κ1) is 20.2. The van der Waals surface area contributed by atoms with Gasteiger partial charge in [0.25, 0.3) is 0 Å². The van der Waals surface area contributed by atoms with Crippen LogP contribution in [-0.4, -0.2) is 54.5 Å². The van der Waals surface area contributed by atoms with E-state index >= 15 is 0 Å². The number of ether oxygens (including phenoxy) is 1. The predicted molar refractivity (Wildman–Crippen MR) is 101 cm³/mol. The fraction of sp³-hybridized carbons (Fsp3) is 0.474. The molecular weight excluding hydrogens is 371 g/mol. The lowest BCUT2D eigenvalue weighted by Gasteiger charge is -2.33. The molecule has 0 radical (unpaired) electrons. The summed E-state index contributed by atoms with van der Waals surface area (Å²) in [6, 6.07) is 8.16. The molecule has 1 fully saturated rings. The molecule has 0 aliphatic carbocycles. The minimum Gasteiger partial charge on any atom is -0.406 e. The lowest BCUT2D eigenvalue weighted by atomic mass is 10.0. The van der Waals surface area contributed by atoms with Gasteiger partial charge in [-0.15, -0.1) is 13.2 Å². The Bertz CT molecular complexity index is 784. The van der Waals surface area contributed by atoms with Gasteiger partial charge in [0, 0.05) is 39.4 Å². The molecule has 1 aromatic heterocycles. The van der Waals surface area contributed by atoms with E-state index in [1.165, 1.54) is 12.1 Å². The number of nitrogens with zero attached hydrogens (tertiary/aromatic N) is 4. The Morgan fingerprint density at radius 1 is 1.29 bits per heavy atom. The summed E-state index contributed by atoms with van der Waals surface area (Å²) in [5.41, 5.74) is 0.785. The molecule has 1 aromatic carbocycles. The van der Waals surface area contributed by atoms with Crippen molar-refractivity contribution >= 4 is 11.8 Å². The maximum atomic E-state index is 12.4. The molecule has 0 amide bonds. The zero-order valence-electron chi connectivity index (χ0n) is 15.9. The van der Waals surface area contributed by atoms with Gasteiger partial charge in [-0.1, -0.05) is 12.1 Å². The molecule has 1 aliphatic heterocycles. The van der Waals surface area contributed by atoms with E-state index in [4.69, 9.17) is 0 Å². The number of anilines is 2. The highest BCUT2D eigenvalue weighted by atomic mass is 19.4. The predicted octanol–water partition coefficient (Wildman–Crippen LogP) is 3.52. The minimum atomic E-state index is -4.68. The summed E-state index contributed by atoms with van der Waals surface area (Å²) in [4.78, 5) is 12.9. The van der Waals surface area contributed by atoms with Crippen molar-refractivity contribution < 1.29 is 17.9 Å². The number of alkyl halides is 3. The monoisotopic (exact) mass is 395 g/mol. The first-order valence-corrected chi connectivity index (χ1v) is 9.12. The number of hydrogen-bond donors (Lipinski definition) is 1. The van der Waals surface area contributed by atoms with Crippen LogP contribution < -0.4 is 15.0 Å². The molecule has 152 valence electrons. The Morgan fingerprint density at radius 3 is 2.86 bits per heavy atom. The van der Waals surface area contributed by atoms with Crippen LogP contribution in [0.4, 0.5) is 24.9 Å². The van der Waals surface area contributed by atoms with Crippen LogP contribution in [0, 0.1) is 0 Å². The Morgan fingerprint density at radius 2 is 2.11 bits per heavy atom. The van der Waals surface area contributed by atoms with Gasteiger partial charge in [-0.2, -0.15) is 4.98 Å². The molecule has 1 unspecified atom stereocenters. The van der Waals surface area contributed by atoms with Crippen molar-refractivity contribution in [2.45, 2.75) is 31.8 Å². The number of piperidine rings is 1. The highest BCUT2D eigenvalue weighted by Crippen LogP contribution is 2.24. The third-order valence-electron chi connectivity index (χ3n) is 4.48. The van der Waals surface area contributed by atoms with Crippen molar-refractivity contribution in [2.75, 3.05) is 37.4 Å². The van der Waals surface area contributed by atoms with E-state index in [9.17, 15) is 13.2 Å². The Labute approximate surface area is 162 Å². The van der Waals surface area contributed by atoms with Crippen LogP contribution in [-0.2, 0) is 6.54 Å². The Balaban J connectivity index is 1.59. The molecule has 0 saturated carbocycles. The largest absolute Gasteiger partial charge is 0.573 e. The van der Waals surface area contributed by atoms with Gasteiger partial charge in [-0.05, 0) is 43.1 Å². The van der Waals surface area contributed by atoms with Gasteiger partial charge < -0.3 is 15.0 Å². The molecule has 1 N–H and O–H groups in total. The van der Waals surface area contributed by atoms with Crippen LogP contribution in [0.3, 0.4) is 0 Å². The first-order chi connectivity index (χ1) is 13.3. The summed E-state index contributed by atoms with van der Waals surface area (Å²) >= 11 is 0. The SMILES string of the molecule is CN(C)c1ccnc(NC2CCCN(Cc3cccc(OC(F)(F)F)c3)C2)n1. The van der Waals surface area contributed by atoms with E-state index in [0.717, 1.165) is 37.3 Å². The van der Waals surface area contributed by atoms with Crippen molar-refractivity contribution in [1.29, 1.82) is 0 Å². The van der Waals surface area contributed by atoms with Crippen LogP contribution in [0.2, 0.25) is 0 Å². The third kappa shape index (κ3) is 5.98. The average Bonchev–Trinajstić information content (AvgIpc) is 2.61. The average molecular weight is 395 g/mol. The lowest BCUT2D eigenvalue weighted by Crippen LogP contribution is -2.41. The zero-order chi connectivity index (χ0) is 20.1. The lowest BCUT2D eigenvalue weighted by molar-refractivity contribution is -0.274. The Hall–Kier alpha value is -2.55. The second-order valence-corrected chi connectivity index (χ2v) is 7.05. The molecule has 1 aliphatic rings. The van der Waals surface area contributed by atoms with Crippen LogP contribution in [0.1, 0.15) is 18.4 Å². The highest BCUT2D eigenvalue weighted by molar-refractivity contribution is 5.41. The molecule has 2 aromatic rings. The summed E-state index contributed by atoms with van der Waals surface area (Å²) < 4.78 is 41.2. The Kier molecular flexibility index (Phi) is 6.23. The van der Waals surface area contributed by atoms with Gasteiger partial charge in [-0.3, -0.25) is 4.90 Å². The number of benzene rings is 1. The minimum absolute atomic E-state index is 0.181. The van der Waals surface area contributed by atoms with Crippen molar-refractivity contribution in [3.8, 4) is 5.75 Å². The molecule has 1 saturated heterocycles. The fourth-order valence-corrected chi connectivity index (χ4v) is 3.27. The van der Waals surface area contributed by atoms with E-state index in [1.54, 1.807) is 12.3 Å². The van der Waals surface area contributed by atoms with Gasteiger partial charge >= 0.3 is 6.36 Å². The van der Waals surface area contributed by atoms with E-state index < -0.39 is 6.36 Å². The summed E-state index contributed by atoms with van der Waals surface area (Å²) in [6.07, 6.45) is -0.982. The van der Waals surface area contributed by atoms with E-state index in [1.807, 2.05) is 31.1 Å². The van der Waals surface area contributed by atoms with Gasteiger partial charge in [-0.25, -0.2) is 4.98 Å². The van der Waals surface area contributed by atoms with Crippen molar-refractivity contribution in [3.05, 3.63) is 42.1 Å². The second-order valence-electron chi connectivity index (χ2n) is 7.05. The summed E-state index contributed by atoms with van der Waals surface area (Å²) in [6.45, 7) is 2.22. The summed E-state index contributed by atoms with van der Waals surface area (Å²) in [5.74, 6) is 1.22. The first-order valence-electron chi connectivity index (χ1n) is 9.12. The molecule has 1 atom stereocenters. The normalized spacial score (nSPS) is 18.0. The molecule has 3 rings (SSSR count). The number of aromatic nitrogens is 2. The molecule has 0 bridgehead atoms. The summed E-state index contributed by atoms with van der Waals surface area (Å²) in [7, 11) is 3.84. The van der Waals surface area contributed by atoms with Gasteiger partial charge in [0.1, 0.15) is 11.6 Å². The molecule has 0 spiro atoms. The van der Waals surface area contributed by atoms with E-state index in [-0.39, 0.29) is 11.8 Å². The van der Waals surface area contributed by atoms with Crippen molar-refractivity contribution in [2.24, 2.45) is 0 Å². The maximum absolute atomic E-state index is 12.4. The molecule has 2 heterocycles. The van der Waals surface area contributed by atoms with E-state index in [0.29, 0.717) is 12.5 Å². The molecular formula is C19H24F3N5O. The summed E-state index contributed by atoms with van der Waals surface area (Å²) in [5, 5.41) is 3.37. The highest BCUT2D eigenvalue weighted by Gasteiger charge is 2.31. The topological polar surface area (TPSA) is 53.5 Å². The number of hydrogen-bond acceptors (Lipinski definition) is 6. The van der Waals surface area contributed by atoms with Crippen LogP contribution in [0.5, 0.6) is 5.75 Å². The van der Waals surface area contributed by atoms with E-state index in [2.05, 4.69) is 24.9 Å². The van der Waals surface area contributed by atoms with Crippen LogP contribution in [0.15, 0.2) is 36.5 Å². The zero-order valence-corrected chi connectivity index (χ0v) is 15.9. The molecule has 6 nitrogen and oxygen atoms in total. The van der Waals surface area contributed by atoms with Gasteiger partial charge in [0.15, 0.2) is 0 Å². The number of halogens is 3. The standard InChI is InChI=1S/C19H24F3N5O/c1-26(2)17-8-9-23-18(25-17)24-15-6-4-10-27(13-15)12-14-5-3-7-16(11-14)28-19(20,21)22/h3,5,7-9,11,15H,4,6,10,12-13H2,1-2H3,(H,23,24,25). The van der Waals surface area contributed by atoms with Crippen molar-refractivity contribution in [3.63, 3.8) is 0 Å². The van der Waals surface area contributed by atoms with Crippen molar-refractivity contribution in [1.82, 2.24) is 14.9 Å². The van der Waals surface area contributed by atoms with Gasteiger partial charge in [0.2, 0.25) is 5.95 Å². The molecule has 9 heteroatoms. The second kappa shape index (κ2) is 8.64. The smallest absolute Gasteiger partial charge is 0.406 e. The fourth-order valence-electron chi connectivity index (χ4n) is 3.27. The number of likely N-dealkylation sites (tertiary alicyclic amines) is 1. The van der Waals surface area contributed by atoms with Gasteiger partial charge in [0.05, 0.1) is 0 Å². The maximum Gasteiger partial charge on any atom is 0.573 e. The van der Waals surface area contributed by atoms with Crippen LogP contribution >= 0.6 is 0 Å². The molecule has 28 heavy (non-hydrogen) atoms. The third-order valence-corrected chi connectivity index (χ3v) is 4.48. The number of nitrogens with one attached hydrogen (secondary N) is 1. The quantitative estimate of drug-likeness (QED) is 0.808. The van der Waals surface area contributed by atoms with Crippen LogP contribution in [0.25, 0.3) is 0 Å². The number of rotatable bonds is 6.